The minimum atomic E-state index is -1.17. The molecule has 0 radical (unpaired) electrons. The van der Waals surface area contributed by atoms with Crippen LogP contribution in [0.4, 0.5) is 0 Å². The lowest BCUT2D eigenvalue weighted by Gasteiger charge is -2.36. The summed E-state index contributed by atoms with van der Waals surface area (Å²) in [6.45, 7) is 4.36. The number of rotatable bonds is 1. The van der Waals surface area contributed by atoms with E-state index in [1.807, 2.05) is 12.1 Å². The van der Waals surface area contributed by atoms with Crippen LogP contribution in [0.3, 0.4) is 0 Å². The summed E-state index contributed by atoms with van der Waals surface area (Å²) in [6.07, 6.45) is 2.64. The summed E-state index contributed by atoms with van der Waals surface area (Å²) in [6, 6.07) is 16.6. The zero-order valence-electron chi connectivity index (χ0n) is 16.3. The molecule has 2 N–H and O–H groups in total. The molecule has 3 aromatic carbocycles. The van der Waals surface area contributed by atoms with Crippen molar-refractivity contribution in [1.29, 1.82) is 0 Å². The lowest BCUT2D eigenvalue weighted by molar-refractivity contribution is 0.0224. The molecule has 0 atom stereocenters. The van der Waals surface area contributed by atoms with Gasteiger partial charge in [-0.25, -0.2) is 4.79 Å². The molecule has 29 heavy (non-hydrogen) atoms. The highest BCUT2D eigenvalue weighted by molar-refractivity contribution is 5.97. The Hall–Kier alpha value is -3.47. The molecule has 2 heterocycles. The van der Waals surface area contributed by atoms with Crippen molar-refractivity contribution < 1.29 is 24.5 Å². The Labute approximate surface area is 169 Å². The van der Waals surface area contributed by atoms with E-state index in [1.54, 1.807) is 24.3 Å². The number of aromatic hydroxyl groups is 2. The standard InChI is InChI=1S/C20H12O5.C4H10/c21-11-5-7-15-17(9-11)24-18-10-12(22)6-8-16(18)20(15)14-4-2-1-3-13(14)19(23)25-20;1-3-4-2/h1-10,21-22H;3-4H2,1-2H3. The summed E-state index contributed by atoms with van der Waals surface area (Å²) in [5, 5.41) is 19.7. The van der Waals surface area contributed by atoms with Crippen LogP contribution in [-0.4, -0.2) is 16.2 Å². The molecule has 148 valence electrons. The summed E-state index contributed by atoms with van der Waals surface area (Å²) in [5.74, 6) is 0.408. The number of hydrogen-bond donors (Lipinski definition) is 2. The fourth-order valence-corrected chi connectivity index (χ4v) is 3.65. The summed E-state index contributed by atoms with van der Waals surface area (Å²) < 4.78 is 11.8. The van der Waals surface area contributed by atoms with E-state index < -0.39 is 11.6 Å². The third kappa shape index (κ3) is 2.90. The molecule has 0 saturated heterocycles. The number of ether oxygens (including phenoxy) is 2. The van der Waals surface area contributed by atoms with Gasteiger partial charge in [0.15, 0.2) is 5.60 Å². The molecule has 2 aliphatic rings. The van der Waals surface area contributed by atoms with Gasteiger partial charge in [0.1, 0.15) is 23.0 Å². The van der Waals surface area contributed by atoms with Gasteiger partial charge in [0.25, 0.3) is 0 Å². The van der Waals surface area contributed by atoms with Crippen LogP contribution in [0.25, 0.3) is 0 Å². The van der Waals surface area contributed by atoms with Crippen molar-refractivity contribution in [2.45, 2.75) is 32.3 Å². The zero-order valence-corrected chi connectivity index (χ0v) is 16.3. The number of fused-ring (bicyclic) bond motifs is 6. The van der Waals surface area contributed by atoms with Gasteiger partial charge in [-0.05, 0) is 30.3 Å². The van der Waals surface area contributed by atoms with E-state index >= 15 is 0 Å². The third-order valence-electron chi connectivity index (χ3n) is 5.18. The van der Waals surface area contributed by atoms with E-state index in [-0.39, 0.29) is 11.5 Å². The number of phenols is 2. The second-order valence-electron chi connectivity index (χ2n) is 7.08. The Morgan fingerprint density at radius 1 is 0.793 bits per heavy atom. The van der Waals surface area contributed by atoms with Gasteiger partial charge in [0.2, 0.25) is 0 Å². The van der Waals surface area contributed by atoms with E-state index in [4.69, 9.17) is 9.47 Å². The fourth-order valence-electron chi connectivity index (χ4n) is 3.65. The Morgan fingerprint density at radius 2 is 1.34 bits per heavy atom. The van der Waals surface area contributed by atoms with Crippen molar-refractivity contribution in [3.63, 3.8) is 0 Å². The molecule has 5 rings (SSSR count). The zero-order chi connectivity index (χ0) is 20.6. The lowest BCUT2D eigenvalue weighted by Crippen LogP contribution is -2.32. The maximum absolute atomic E-state index is 12.5. The maximum Gasteiger partial charge on any atom is 0.340 e. The van der Waals surface area contributed by atoms with Crippen molar-refractivity contribution in [3.8, 4) is 23.0 Å². The van der Waals surface area contributed by atoms with Crippen LogP contribution in [0, 0.1) is 0 Å². The maximum atomic E-state index is 12.5. The van der Waals surface area contributed by atoms with Crippen molar-refractivity contribution >= 4 is 5.97 Å². The molecule has 0 bridgehead atoms. The average Bonchev–Trinajstić information content (AvgIpc) is 3.01. The number of esters is 1. The topological polar surface area (TPSA) is 76.0 Å². The van der Waals surface area contributed by atoms with Crippen LogP contribution in [0.5, 0.6) is 23.0 Å². The van der Waals surface area contributed by atoms with Gasteiger partial charge in [-0.1, -0.05) is 44.9 Å². The van der Waals surface area contributed by atoms with Gasteiger partial charge >= 0.3 is 5.97 Å². The quantitative estimate of drug-likeness (QED) is 0.539. The Kier molecular flexibility index (Phi) is 4.66. The number of hydrogen-bond acceptors (Lipinski definition) is 5. The van der Waals surface area contributed by atoms with Gasteiger partial charge in [0.05, 0.1) is 5.56 Å². The van der Waals surface area contributed by atoms with Gasteiger partial charge in [-0.3, -0.25) is 0 Å². The summed E-state index contributed by atoms with van der Waals surface area (Å²) >= 11 is 0. The van der Waals surface area contributed by atoms with Crippen LogP contribution in [-0.2, 0) is 10.3 Å². The van der Waals surface area contributed by atoms with Crippen LogP contribution in [0.15, 0.2) is 60.7 Å². The highest BCUT2D eigenvalue weighted by Gasteiger charge is 2.53. The predicted molar refractivity (Wildman–Crippen MR) is 109 cm³/mol. The van der Waals surface area contributed by atoms with Gasteiger partial charge < -0.3 is 19.7 Å². The first kappa shape index (κ1) is 18.9. The first-order valence-corrected chi connectivity index (χ1v) is 9.69. The number of carbonyl (C=O) groups excluding carboxylic acids is 1. The van der Waals surface area contributed by atoms with E-state index in [9.17, 15) is 15.0 Å². The second-order valence-corrected chi connectivity index (χ2v) is 7.08. The highest BCUT2D eigenvalue weighted by Crippen LogP contribution is 2.56. The van der Waals surface area contributed by atoms with E-state index in [0.717, 1.165) is 0 Å². The normalized spacial score (nSPS) is 14.6. The van der Waals surface area contributed by atoms with Crippen molar-refractivity contribution in [2.24, 2.45) is 0 Å². The molecule has 3 aromatic rings. The van der Waals surface area contributed by atoms with Crippen molar-refractivity contribution in [1.82, 2.24) is 0 Å². The molecule has 5 heteroatoms. The molecule has 0 fully saturated rings. The largest absolute Gasteiger partial charge is 0.508 e. The summed E-state index contributed by atoms with van der Waals surface area (Å²) in [7, 11) is 0. The van der Waals surface area contributed by atoms with Gasteiger partial charge in [-0.15, -0.1) is 0 Å². The van der Waals surface area contributed by atoms with Crippen LogP contribution >= 0.6 is 0 Å². The molecular formula is C24H22O5. The summed E-state index contributed by atoms with van der Waals surface area (Å²) in [4.78, 5) is 12.5. The van der Waals surface area contributed by atoms with Crippen molar-refractivity contribution in [2.75, 3.05) is 0 Å². The second kappa shape index (κ2) is 7.17. The minimum absolute atomic E-state index is 0.0371. The SMILES string of the molecule is CCCC.O=C1OC2(c3ccc(O)cc3Oc3cc(O)ccc32)c2ccccc21. The number of phenolic OH excluding ortho intramolecular Hbond substituents is 2. The Morgan fingerprint density at radius 3 is 1.90 bits per heavy atom. The summed E-state index contributed by atoms with van der Waals surface area (Å²) in [5.41, 5.74) is 1.28. The van der Waals surface area contributed by atoms with E-state index in [1.165, 1.54) is 37.1 Å². The van der Waals surface area contributed by atoms with Crippen molar-refractivity contribution in [3.05, 3.63) is 82.9 Å². The molecule has 0 unspecified atom stereocenters. The highest BCUT2D eigenvalue weighted by atomic mass is 16.6. The van der Waals surface area contributed by atoms with Crippen LogP contribution in [0.2, 0.25) is 0 Å². The smallest absolute Gasteiger partial charge is 0.340 e. The van der Waals surface area contributed by atoms with Gasteiger partial charge in [0, 0.05) is 28.8 Å². The Balaban J connectivity index is 0.000000472. The lowest BCUT2D eigenvalue weighted by atomic mass is 9.77. The fraction of sp³-hybridized carbons (Fsp3) is 0.208. The monoisotopic (exact) mass is 390 g/mol. The number of unbranched alkanes of at least 4 members (excludes halogenated alkanes) is 1. The van der Waals surface area contributed by atoms with E-state index in [0.29, 0.717) is 33.8 Å². The molecule has 0 aliphatic carbocycles. The Bertz CT molecular complexity index is 1030. The van der Waals surface area contributed by atoms with Gasteiger partial charge in [-0.2, -0.15) is 0 Å². The third-order valence-corrected chi connectivity index (χ3v) is 5.18. The molecule has 5 nitrogen and oxygen atoms in total. The molecule has 1 spiro atoms. The first-order valence-electron chi connectivity index (χ1n) is 9.69. The first-order chi connectivity index (χ1) is 14.0. The minimum Gasteiger partial charge on any atom is -0.508 e. The molecule has 0 saturated carbocycles. The van der Waals surface area contributed by atoms with Crippen LogP contribution in [0.1, 0.15) is 53.7 Å². The molecule has 2 aliphatic heterocycles. The molecule has 0 amide bonds. The molecular weight excluding hydrogens is 368 g/mol. The number of carbonyl (C=O) groups is 1. The predicted octanol–water partition coefficient (Wildman–Crippen LogP) is 5.47. The van der Waals surface area contributed by atoms with E-state index in [2.05, 4.69) is 13.8 Å². The molecule has 0 aromatic heterocycles. The van der Waals surface area contributed by atoms with Crippen LogP contribution < -0.4 is 4.74 Å². The average molecular weight is 390 g/mol. The number of benzene rings is 3.